The van der Waals surface area contributed by atoms with Gasteiger partial charge in [0.2, 0.25) is 10.0 Å². The van der Waals surface area contributed by atoms with E-state index < -0.39 is 15.8 Å². The molecular weight excluding hydrogens is 403 g/mol. The van der Waals surface area contributed by atoms with Crippen molar-refractivity contribution in [1.29, 1.82) is 0 Å². The highest BCUT2D eigenvalue weighted by atomic mass is 32.2. The van der Waals surface area contributed by atoms with Gasteiger partial charge in [0.05, 0.1) is 4.90 Å². The zero-order valence-corrected chi connectivity index (χ0v) is 17.4. The Bertz CT molecular complexity index is 1140. The molecule has 1 N–H and O–H groups in total. The fourth-order valence-corrected chi connectivity index (χ4v) is 5.14. The second kappa shape index (κ2) is 8.49. The van der Waals surface area contributed by atoms with Crippen LogP contribution in [0.3, 0.4) is 0 Å². The topological polar surface area (TPSA) is 75.2 Å². The maximum atomic E-state index is 13.9. The SMILES string of the molecule is Cc1ccc(S(=O)(=O)N2CCCC(c3cccc(Nc4ccccn4)n3)C2)cc1F. The molecule has 0 aliphatic carbocycles. The summed E-state index contributed by atoms with van der Waals surface area (Å²) in [4.78, 5) is 8.90. The van der Waals surface area contributed by atoms with Crippen molar-refractivity contribution in [3.63, 3.8) is 0 Å². The lowest BCUT2D eigenvalue weighted by Gasteiger charge is -2.31. The maximum absolute atomic E-state index is 13.9. The molecule has 1 saturated heterocycles. The number of hydrogen-bond acceptors (Lipinski definition) is 5. The van der Waals surface area contributed by atoms with E-state index in [0.717, 1.165) is 24.6 Å². The summed E-state index contributed by atoms with van der Waals surface area (Å²) in [6, 6.07) is 15.3. The predicted molar refractivity (Wildman–Crippen MR) is 114 cm³/mol. The Hall–Kier alpha value is -2.84. The largest absolute Gasteiger partial charge is 0.325 e. The first-order valence-corrected chi connectivity index (χ1v) is 11.3. The molecule has 0 amide bonds. The number of benzene rings is 1. The Labute approximate surface area is 175 Å². The lowest BCUT2D eigenvalue weighted by Crippen LogP contribution is -2.39. The molecule has 3 heterocycles. The summed E-state index contributed by atoms with van der Waals surface area (Å²) in [5.41, 5.74) is 1.25. The molecule has 1 aliphatic rings. The van der Waals surface area contributed by atoms with Gasteiger partial charge < -0.3 is 5.32 Å². The lowest BCUT2D eigenvalue weighted by atomic mass is 9.95. The van der Waals surface area contributed by atoms with Crippen LogP contribution in [0.25, 0.3) is 0 Å². The van der Waals surface area contributed by atoms with Gasteiger partial charge in [-0.1, -0.05) is 18.2 Å². The molecule has 0 bridgehead atoms. The van der Waals surface area contributed by atoms with Gasteiger partial charge in [-0.25, -0.2) is 22.8 Å². The van der Waals surface area contributed by atoms with Gasteiger partial charge in [-0.3, -0.25) is 0 Å². The molecular formula is C22H23FN4O2S. The summed E-state index contributed by atoms with van der Waals surface area (Å²) in [5.74, 6) is 0.803. The van der Waals surface area contributed by atoms with Gasteiger partial charge in [0.25, 0.3) is 0 Å². The molecule has 30 heavy (non-hydrogen) atoms. The zero-order valence-electron chi connectivity index (χ0n) is 16.6. The molecule has 1 fully saturated rings. The molecule has 8 heteroatoms. The predicted octanol–water partition coefficient (Wildman–Crippen LogP) is 4.24. The molecule has 0 radical (unpaired) electrons. The van der Waals surface area contributed by atoms with Gasteiger partial charge in [-0.05, 0) is 61.7 Å². The Morgan fingerprint density at radius 1 is 1.10 bits per heavy atom. The van der Waals surface area contributed by atoms with E-state index in [4.69, 9.17) is 0 Å². The van der Waals surface area contributed by atoms with E-state index in [1.54, 1.807) is 13.1 Å². The molecule has 2 aromatic heterocycles. The van der Waals surface area contributed by atoms with Crippen LogP contribution in [0.4, 0.5) is 16.0 Å². The molecule has 0 spiro atoms. The number of aryl methyl sites for hydroxylation is 1. The standard InChI is InChI=1S/C22H23FN4O2S/c1-16-10-11-18(14-19(16)23)30(28,29)27-13-5-6-17(15-27)20-7-4-9-22(25-20)26-21-8-2-3-12-24-21/h2-4,7-12,14,17H,5-6,13,15H2,1H3,(H,24,25,26). The Morgan fingerprint density at radius 3 is 2.70 bits per heavy atom. The minimum atomic E-state index is -3.76. The molecule has 6 nitrogen and oxygen atoms in total. The fourth-order valence-electron chi connectivity index (χ4n) is 3.60. The van der Waals surface area contributed by atoms with Gasteiger partial charge >= 0.3 is 0 Å². The fraction of sp³-hybridized carbons (Fsp3) is 0.273. The quantitative estimate of drug-likeness (QED) is 0.661. The number of anilines is 2. The van der Waals surface area contributed by atoms with Crippen molar-refractivity contribution in [3.05, 3.63) is 77.9 Å². The van der Waals surface area contributed by atoms with Crippen LogP contribution in [-0.4, -0.2) is 35.8 Å². The maximum Gasteiger partial charge on any atom is 0.243 e. The van der Waals surface area contributed by atoms with Gasteiger partial charge in [0.15, 0.2) is 0 Å². The van der Waals surface area contributed by atoms with E-state index >= 15 is 0 Å². The van der Waals surface area contributed by atoms with Gasteiger partial charge in [0, 0.05) is 30.9 Å². The molecule has 4 rings (SSSR count). The van der Waals surface area contributed by atoms with Crippen molar-refractivity contribution in [1.82, 2.24) is 14.3 Å². The molecule has 1 aromatic carbocycles. The number of rotatable bonds is 5. The summed E-state index contributed by atoms with van der Waals surface area (Å²) in [6.45, 7) is 2.35. The highest BCUT2D eigenvalue weighted by Gasteiger charge is 2.31. The minimum Gasteiger partial charge on any atom is -0.325 e. The molecule has 3 aromatic rings. The summed E-state index contributed by atoms with van der Waals surface area (Å²) in [5, 5.41) is 3.17. The van der Waals surface area contributed by atoms with Crippen LogP contribution in [0, 0.1) is 12.7 Å². The van der Waals surface area contributed by atoms with Crippen LogP contribution < -0.4 is 5.32 Å². The average molecular weight is 427 g/mol. The summed E-state index contributed by atoms with van der Waals surface area (Å²) in [7, 11) is -3.76. The second-order valence-electron chi connectivity index (χ2n) is 7.40. The van der Waals surface area contributed by atoms with Crippen LogP contribution in [-0.2, 0) is 10.0 Å². The van der Waals surface area contributed by atoms with Gasteiger partial charge in [0.1, 0.15) is 17.5 Å². The van der Waals surface area contributed by atoms with E-state index in [1.807, 2.05) is 36.4 Å². The first-order valence-electron chi connectivity index (χ1n) is 9.85. The van der Waals surface area contributed by atoms with Crippen molar-refractivity contribution in [2.24, 2.45) is 0 Å². The number of aromatic nitrogens is 2. The summed E-state index contributed by atoms with van der Waals surface area (Å²) >= 11 is 0. The number of nitrogens with one attached hydrogen (secondary N) is 1. The number of piperidine rings is 1. The van der Waals surface area contributed by atoms with E-state index in [1.165, 1.54) is 16.4 Å². The Kier molecular flexibility index (Phi) is 5.78. The molecule has 1 unspecified atom stereocenters. The van der Waals surface area contributed by atoms with Crippen LogP contribution in [0.1, 0.15) is 30.0 Å². The van der Waals surface area contributed by atoms with Crippen molar-refractivity contribution < 1.29 is 12.8 Å². The van der Waals surface area contributed by atoms with Crippen LogP contribution in [0.2, 0.25) is 0 Å². The third kappa shape index (κ3) is 4.34. The van der Waals surface area contributed by atoms with E-state index in [0.29, 0.717) is 30.3 Å². The first-order chi connectivity index (χ1) is 14.4. The number of sulfonamides is 1. The number of nitrogens with zero attached hydrogens (tertiary/aromatic N) is 3. The highest BCUT2D eigenvalue weighted by Crippen LogP contribution is 2.30. The molecule has 156 valence electrons. The van der Waals surface area contributed by atoms with Gasteiger partial charge in [-0.2, -0.15) is 4.31 Å². The third-order valence-electron chi connectivity index (χ3n) is 5.28. The Morgan fingerprint density at radius 2 is 1.93 bits per heavy atom. The Balaban J connectivity index is 1.54. The molecule has 1 aliphatic heterocycles. The zero-order chi connectivity index (χ0) is 21.1. The van der Waals surface area contributed by atoms with Crippen LogP contribution >= 0.6 is 0 Å². The van der Waals surface area contributed by atoms with E-state index in [9.17, 15) is 12.8 Å². The minimum absolute atomic E-state index is 0.00946. The summed E-state index contributed by atoms with van der Waals surface area (Å²) < 4.78 is 41.5. The third-order valence-corrected chi connectivity index (χ3v) is 7.14. The average Bonchev–Trinajstić information content (AvgIpc) is 2.76. The van der Waals surface area contributed by atoms with E-state index in [-0.39, 0.29) is 10.8 Å². The normalized spacial score (nSPS) is 17.6. The highest BCUT2D eigenvalue weighted by molar-refractivity contribution is 7.89. The smallest absolute Gasteiger partial charge is 0.243 e. The monoisotopic (exact) mass is 426 g/mol. The number of pyridine rings is 2. The van der Waals surface area contributed by atoms with Gasteiger partial charge in [-0.15, -0.1) is 0 Å². The van der Waals surface area contributed by atoms with Crippen molar-refractivity contribution >= 4 is 21.7 Å². The number of hydrogen-bond donors (Lipinski definition) is 1. The molecule has 0 saturated carbocycles. The number of halogens is 1. The van der Waals surface area contributed by atoms with Crippen molar-refractivity contribution in [2.45, 2.75) is 30.6 Å². The summed E-state index contributed by atoms with van der Waals surface area (Å²) in [6.07, 6.45) is 3.26. The van der Waals surface area contributed by atoms with Crippen LogP contribution in [0.15, 0.2) is 65.7 Å². The van der Waals surface area contributed by atoms with Crippen molar-refractivity contribution in [3.8, 4) is 0 Å². The first kappa shape index (κ1) is 20.4. The molecule has 1 atom stereocenters. The second-order valence-corrected chi connectivity index (χ2v) is 9.34. The van der Waals surface area contributed by atoms with E-state index in [2.05, 4.69) is 15.3 Å². The lowest BCUT2D eigenvalue weighted by molar-refractivity contribution is 0.312. The van der Waals surface area contributed by atoms with Crippen LogP contribution in [0.5, 0.6) is 0 Å². The van der Waals surface area contributed by atoms with Crippen molar-refractivity contribution in [2.75, 3.05) is 18.4 Å².